The first kappa shape index (κ1) is 35.3. The fourth-order valence-electron chi connectivity index (χ4n) is 6.23. The number of fused-ring (bicyclic) bond motifs is 3. The molecule has 0 bridgehead atoms. The molecule has 0 radical (unpaired) electrons. The van der Waals surface area contributed by atoms with Gasteiger partial charge in [0, 0.05) is 0 Å². The van der Waals surface area contributed by atoms with E-state index in [4.69, 9.17) is 0 Å². The summed E-state index contributed by atoms with van der Waals surface area (Å²) in [6.45, 7) is 8.94. The van der Waals surface area contributed by atoms with Crippen LogP contribution in [-0.2, 0) is 24.2 Å². The van der Waals surface area contributed by atoms with Crippen LogP contribution in [0.25, 0.3) is 43.8 Å². The summed E-state index contributed by atoms with van der Waals surface area (Å²) in [5.74, 6) is 0.573. The molecule has 0 amide bonds. The Kier molecular flexibility index (Phi) is 11.6. The largest absolute Gasteiger partial charge is 0.126 e. The van der Waals surface area contributed by atoms with Crippen molar-refractivity contribution in [3.63, 3.8) is 0 Å². The maximum Gasteiger partial charge on any atom is -0.0259 e. The molecule has 0 aliphatic heterocycles. The zero-order chi connectivity index (χ0) is 34.9. The molecule has 0 N–H and O–H groups in total. The maximum atomic E-state index is 3.35. The van der Waals surface area contributed by atoms with Crippen molar-refractivity contribution in [2.75, 3.05) is 0 Å². The SMILES string of the molecule is CCC1[C-]=CC(C(C)(C)C)=C1.[Zr+2]=[C](c1ccccc1)c1ccccc1.c1ccc(-c2ccc3c(c2)[cH-]c2cc(-c4ccccc4)ccc23)cc1. The Balaban J connectivity index is 0.000000146. The van der Waals surface area contributed by atoms with Crippen LogP contribution in [0.3, 0.4) is 0 Å². The van der Waals surface area contributed by atoms with Gasteiger partial charge in [0.2, 0.25) is 0 Å². The summed E-state index contributed by atoms with van der Waals surface area (Å²) < 4.78 is 1.42. The summed E-state index contributed by atoms with van der Waals surface area (Å²) in [5.41, 5.74) is 9.47. The molecular weight excluding hydrogens is 680 g/mol. The average Bonchev–Trinajstić information content (AvgIpc) is 3.81. The van der Waals surface area contributed by atoms with Gasteiger partial charge < -0.3 is 0 Å². The van der Waals surface area contributed by atoms with Crippen LogP contribution in [0.5, 0.6) is 0 Å². The van der Waals surface area contributed by atoms with E-state index in [1.807, 2.05) is 0 Å². The van der Waals surface area contributed by atoms with Crippen molar-refractivity contribution in [3.8, 4) is 22.3 Å². The standard InChI is InChI=1S/C25H17.C13H10.C11H17.Zr/c1-3-7-18(8-4-1)20-11-13-24-22(15-20)17-23-16-21(12-14-25(23)24)19-9-5-2-6-10-19;1-3-7-12(8-4-1)11-13-9-5-2-6-10-13;1-5-9-6-7-10(8-9)11(2,3)4;/h1-17H;1-10H;7-9H,5H2,1-4H3;/q-1;;-1;+2. The molecule has 0 spiro atoms. The number of benzene rings is 6. The predicted molar refractivity (Wildman–Crippen MR) is 213 cm³/mol. The van der Waals surface area contributed by atoms with E-state index in [0.29, 0.717) is 11.3 Å². The molecule has 7 aromatic rings. The Morgan fingerprint density at radius 1 is 0.580 bits per heavy atom. The molecule has 1 atom stereocenters. The Bertz CT molecular complexity index is 2080. The van der Waals surface area contributed by atoms with Crippen molar-refractivity contribution < 1.29 is 24.2 Å². The number of rotatable bonds is 5. The van der Waals surface area contributed by atoms with E-state index in [1.165, 1.54) is 94.4 Å². The van der Waals surface area contributed by atoms with E-state index in [9.17, 15) is 0 Å². The molecule has 1 aliphatic rings. The summed E-state index contributed by atoms with van der Waals surface area (Å²) in [7, 11) is 0. The van der Waals surface area contributed by atoms with Crippen LogP contribution >= 0.6 is 0 Å². The van der Waals surface area contributed by atoms with Crippen LogP contribution < -0.4 is 0 Å². The molecule has 1 aliphatic carbocycles. The van der Waals surface area contributed by atoms with Gasteiger partial charge in [-0.05, 0) is 11.1 Å². The Labute approximate surface area is 313 Å². The van der Waals surface area contributed by atoms with Crippen molar-refractivity contribution in [2.24, 2.45) is 11.3 Å². The fourth-order valence-corrected chi connectivity index (χ4v) is 7.05. The summed E-state index contributed by atoms with van der Waals surface area (Å²) >= 11 is 1.46. The van der Waals surface area contributed by atoms with Crippen LogP contribution in [0.15, 0.2) is 182 Å². The Morgan fingerprint density at radius 2 is 1.00 bits per heavy atom. The second kappa shape index (κ2) is 16.4. The van der Waals surface area contributed by atoms with Gasteiger partial charge in [0.05, 0.1) is 0 Å². The first-order valence-corrected chi connectivity index (χ1v) is 18.8. The monoisotopic (exact) mass is 722 g/mol. The molecule has 0 saturated carbocycles. The number of hydrogen-bond acceptors (Lipinski definition) is 0. The van der Waals surface area contributed by atoms with Gasteiger partial charge in [-0.2, -0.15) is 11.6 Å². The third-order valence-electron chi connectivity index (χ3n) is 9.18. The van der Waals surface area contributed by atoms with Crippen LogP contribution in [0, 0.1) is 17.4 Å². The normalized spacial score (nSPS) is 13.6. The van der Waals surface area contributed by atoms with E-state index in [-0.39, 0.29) is 0 Å². The van der Waals surface area contributed by atoms with Crippen molar-refractivity contribution >= 4 is 24.8 Å². The smallest absolute Gasteiger partial charge is 0.0259 e. The number of allylic oxidation sites excluding steroid dienone is 4. The molecule has 0 aromatic heterocycles. The van der Waals surface area contributed by atoms with Gasteiger partial charge in [0.1, 0.15) is 0 Å². The second-order valence-electron chi connectivity index (χ2n) is 13.8. The zero-order valence-electron chi connectivity index (χ0n) is 29.5. The molecule has 8 rings (SSSR count). The molecule has 244 valence electrons. The van der Waals surface area contributed by atoms with Crippen LogP contribution in [0.2, 0.25) is 0 Å². The van der Waals surface area contributed by atoms with Crippen LogP contribution in [0.4, 0.5) is 0 Å². The van der Waals surface area contributed by atoms with E-state index >= 15 is 0 Å². The summed E-state index contributed by atoms with van der Waals surface area (Å²) in [4.78, 5) is 0. The van der Waals surface area contributed by atoms with Crippen LogP contribution in [-0.4, -0.2) is 3.21 Å². The molecule has 0 saturated heterocycles. The van der Waals surface area contributed by atoms with Crippen molar-refractivity contribution in [1.82, 2.24) is 0 Å². The predicted octanol–water partition coefficient (Wildman–Crippen LogP) is 13.2. The van der Waals surface area contributed by atoms with Gasteiger partial charge >= 0.3 is 99.2 Å². The zero-order valence-corrected chi connectivity index (χ0v) is 32.0. The third-order valence-corrected chi connectivity index (χ3v) is 10.6. The quantitative estimate of drug-likeness (QED) is 0.155. The van der Waals surface area contributed by atoms with Gasteiger partial charge in [-0.3, -0.25) is 6.08 Å². The minimum Gasteiger partial charge on any atom is -0.126 e. The molecule has 0 nitrogen and oxygen atoms in total. The molecule has 7 aromatic carbocycles. The molecule has 0 fully saturated rings. The summed E-state index contributed by atoms with van der Waals surface area (Å²) in [6, 6.07) is 58.1. The molecule has 50 heavy (non-hydrogen) atoms. The first-order valence-electron chi connectivity index (χ1n) is 17.5. The second-order valence-corrected chi connectivity index (χ2v) is 15.0. The van der Waals surface area contributed by atoms with Crippen molar-refractivity contribution in [1.29, 1.82) is 0 Å². The van der Waals surface area contributed by atoms with E-state index in [2.05, 4.69) is 210 Å². The van der Waals surface area contributed by atoms with Gasteiger partial charge in [-0.15, -0.1) is 39.7 Å². The fraction of sp³-hybridized carbons (Fsp3) is 0.143. The van der Waals surface area contributed by atoms with Crippen molar-refractivity contribution in [2.45, 2.75) is 34.1 Å². The Hall–Kier alpha value is -4.58. The third kappa shape index (κ3) is 8.77. The Morgan fingerprint density at radius 3 is 1.36 bits per heavy atom. The van der Waals surface area contributed by atoms with Gasteiger partial charge in [0.25, 0.3) is 0 Å². The maximum absolute atomic E-state index is 3.35. The van der Waals surface area contributed by atoms with E-state index < -0.39 is 0 Å². The summed E-state index contributed by atoms with van der Waals surface area (Å²) in [5, 5.41) is 5.27. The first-order chi connectivity index (χ1) is 24.3. The van der Waals surface area contributed by atoms with Crippen molar-refractivity contribution in [3.05, 3.63) is 199 Å². The van der Waals surface area contributed by atoms with Gasteiger partial charge in [0.15, 0.2) is 0 Å². The molecule has 1 heteroatoms. The molecular formula is C49H44Zr. The molecule has 0 heterocycles. The molecule has 1 unspecified atom stereocenters. The average molecular weight is 724 g/mol. The minimum atomic E-state index is 0.302. The van der Waals surface area contributed by atoms with Gasteiger partial charge in [-0.25, -0.2) is 6.08 Å². The van der Waals surface area contributed by atoms with Gasteiger partial charge in [-0.1, -0.05) is 142 Å². The summed E-state index contributed by atoms with van der Waals surface area (Å²) in [6.07, 6.45) is 9.00. The van der Waals surface area contributed by atoms with E-state index in [1.54, 1.807) is 0 Å². The number of hydrogen-bond donors (Lipinski definition) is 0. The minimum absolute atomic E-state index is 0.302. The topological polar surface area (TPSA) is 0 Å². The van der Waals surface area contributed by atoms with E-state index in [0.717, 1.165) is 0 Å². The van der Waals surface area contributed by atoms with Crippen LogP contribution in [0.1, 0.15) is 45.2 Å².